The van der Waals surface area contributed by atoms with Gasteiger partial charge < -0.3 is 34.0 Å². The number of ether oxygens (including phenoxy) is 4. The molecule has 13 rings (SSSR count). The second-order valence-electron chi connectivity index (χ2n) is 24.1. The molecule has 6 aromatic rings. The fourth-order valence-electron chi connectivity index (χ4n) is 15.1. The molecule has 2 N–H and O–H groups in total. The molecule has 25 heteroatoms. The molecule has 11 atom stereocenters. The van der Waals surface area contributed by atoms with Crippen LogP contribution >= 0.6 is 34.8 Å². The molecule has 3 aliphatic carbocycles. The van der Waals surface area contributed by atoms with Crippen LogP contribution in [0.1, 0.15) is 101 Å². The number of hydrogen-bond acceptors (Lipinski definition) is 13. The lowest BCUT2D eigenvalue weighted by atomic mass is 9.66. The molecule has 0 amide bonds. The van der Waals surface area contributed by atoms with Gasteiger partial charge in [0.2, 0.25) is 0 Å². The van der Waals surface area contributed by atoms with Crippen molar-refractivity contribution in [2.24, 2.45) is 35.5 Å². The summed E-state index contributed by atoms with van der Waals surface area (Å²) in [5.74, 6) is -9.78. The van der Waals surface area contributed by atoms with Crippen molar-refractivity contribution in [2.45, 2.75) is 126 Å². The minimum atomic E-state index is -4.20. The second kappa shape index (κ2) is 27.1. The van der Waals surface area contributed by atoms with Crippen LogP contribution in [0.3, 0.4) is 0 Å². The molecule has 4 aliphatic heterocycles. The number of benzene rings is 6. The van der Waals surface area contributed by atoms with E-state index >= 15 is 8.78 Å². The van der Waals surface area contributed by atoms with Crippen LogP contribution in [0.4, 0.5) is 26.3 Å². The topological polar surface area (TPSA) is 197 Å². The Morgan fingerprint density at radius 2 is 0.725 bits per heavy atom. The lowest BCUT2D eigenvalue weighted by Crippen LogP contribution is -2.55. The summed E-state index contributed by atoms with van der Waals surface area (Å²) in [7, 11) is -12.6. The first-order valence-electron chi connectivity index (χ1n) is 30.0. The van der Waals surface area contributed by atoms with Crippen LogP contribution in [0.25, 0.3) is 0 Å². The smallest absolute Gasteiger partial charge is 0.188 e. The fourth-order valence-corrected chi connectivity index (χ4v) is 22.8. The van der Waals surface area contributed by atoms with E-state index in [1.54, 1.807) is 13.8 Å². The average Bonchev–Trinajstić information content (AvgIpc) is 1.41. The van der Waals surface area contributed by atoms with E-state index in [4.69, 9.17) is 53.8 Å². The van der Waals surface area contributed by atoms with E-state index in [-0.39, 0.29) is 87.7 Å². The minimum Gasteiger partial charge on any atom is -0.490 e. The van der Waals surface area contributed by atoms with Crippen LogP contribution < -0.4 is 14.2 Å². The SMILES string of the molecule is C1CCOC1.C[C@@H](O)[C@@H]1CCC[C@@]2(S(=O)(=O)c3ccc(Cl)cc3)c3c(F)ccc(F)c3OCC12.C[C@H](O)[C@@H]1CCC[C@@]2(S(=O)(=O)c3ccc(Cl)cc3)c3c(F)ccc(F)c3OCC12.O=C[C@@H]1CCC[C@@]2(S(=O)(=O)c3ccc(Cl)cc3)c3c(F)ccc(F)c3OCC12. The van der Waals surface area contributed by atoms with Crippen molar-refractivity contribution in [3.05, 3.63) is 176 Å². The molecular formula is C66H67Cl3F6O13S3. The van der Waals surface area contributed by atoms with Gasteiger partial charge in [-0.25, -0.2) is 51.6 Å². The van der Waals surface area contributed by atoms with Crippen LogP contribution in [0.15, 0.2) is 124 Å². The minimum absolute atomic E-state index is 0.0188. The van der Waals surface area contributed by atoms with E-state index in [0.717, 1.165) is 49.6 Å². The summed E-state index contributed by atoms with van der Waals surface area (Å²) in [6, 6.07) is 22.5. The molecule has 3 saturated carbocycles. The largest absolute Gasteiger partial charge is 0.490 e. The zero-order valence-electron chi connectivity index (χ0n) is 49.4. The number of carbonyl (C=O) groups excluding carboxylic acids is 1. The summed E-state index contributed by atoms with van der Waals surface area (Å²) < 4.78 is 189. The summed E-state index contributed by atoms with van der Waals surface area (Å²) in [6.45, 7) is 4.77. The molecule has 6 aromatic carbocycles. The molecule has 0 radical (unpaired) electrons. The summed E-state index contributed by atoms with van der Waals surface area (Å²) in [6.07, 6.45) is 4.85. The molecule has 13 nitrogen and oxygen atoms in total. The first kappa shape index (κ1) is 68.4. The van der Waals surface area contributed by atoms with Crippen molar-refractivity contribution < 1.29 is 85.6 Å². The Labute approximate surface area is 540 Å². The monoisotopic (exact) mass is 1380 g/mol. The van der Waals surface area contributed by atoms with Gasteiger partial charge in [-0.1, -0.05) is 54.1 Å². The Balaban J connectivity index is 0.000000144. The molecule has 3 unspecified atom stereocenters. The number of fused-ring (bicyclic) bond motifs is 9. The number of carbonyl (C=O) groups is 1. The maximum atomic E-state index is 15.1. The second-order valence-corrected chi connectivity index (χ2v) is 32.0. The normalized spacial score (nSPS) is 27.0. The van der Waals surface area contributed by atoms with Crippen molar-refractivity contribution in [1.82, 2.24) is 0 Å². The van der Waals surface area contributed by atoms with Gasteiger partial charge in [-0.15, -0.1) is 0 Å². The first-order chi connectivity index (χ1) is 43.2. The van der Waals surface area contributed by atoms with Gasteiger partial charge >= 0.3 is 0 Å². The molecule has 0 spiro atoms. The Bertz CT molecular complexity index is 3840. The summed E-state index contributed by atoms with van der Waals surface area (Å²) >= 11 is 17.7. The summed E-state index contributed by atoms with van der Waals surface area (Å²) in [5, 5.41) is 21.8. The molecule has 4 heterocycles. The van der Waals surface area contributed by atoms with Gasteiger partial charge in [-0.2, -0.15) is 0 Å². The number of rotatable bonds is 9. The van der Waals surface area contributed by atoms with E-state index in [2.05, 4.69) is 0 Å². The lowest BCUT2D eigenvalue weighted by molar-refractivity contribution is -0.115. The van der Waals surface area contributed by atoms with E-state index < -0.39 is 126 Å². The number of sulfone groups is 3. The Morgan fingerprint density at radius 3 is 1.01 bits per heavy atom. The fraction of sp³-hybridized carbons (Fsp3) is 0.439. The quantitative estimate of drug-likeness (QED) is 0.103. The maximum Gasteiger partial charge on any atom is 0.188 e. The molecule has 490 valence electrons. The van der Waals surface area contributed by atoms with E-state index in [9.17, 15) is 57.8 Å². The van der Waals surface area contributed by atoms with Gasteiger partial charge in [0, 0.05) is 52.0 Å². The van der Waals surface area contributed by atoms with Crippen molar-refractivity contribution in [1.29, 1.82) is 0 Å². The number of halogens is 9. The van der Waals surface area contributed by atoms with Gasteiger partial charge in [0.05, 0.1) is 63.4 Å². The number of aliphatic hydroxyl groups is 2. The highest BCUT2D eigenvalue weighted by Crippen LogP contribution is 2.62. The third-order valence-electron chi connectivity index (χ3n) is 19.3. The van der Waals surface area contributed by atoms with Gasteiger partial charge in [0.1, 0.15) is 38.0 Å². The van der Waals surface area contributed by atoms with Crippen molar-refractivity contribution in [3.8, 4) is 17.2 Å². The van der Waals surface area contributed by atoms with Crippen molar-refractivity contribution in [2.75, 3.05) is 33.0 Å². The predicted molar refractivity (Wildman–Crippen MR) is 328 cm³/mol. The van der Waals surface area contributed by atoms with E-state index in [0.29, 0.717) is 59.9 Å². The molecule has 4 fully saturated rings. The summed E-state index contributed by atoms with van der Waals surface area (Å²) in [5.41, 5.74) is -0.853. The first-order valence-corrected chi connectivity index (χ1v) is 35.5. The zero-order chi connectivity index (χ0) is 65.6. The highest BCUT2D eigenvalue weighted by molar-refractivity contribution is 7.93. The molecule has 7 aliphatic rings. The third kappa shape index (κ3) is 12.0. The van der Waals surface area contributed by atoms with Crippen LogP contribution in [0, 0.1) is 70.4 Å². The maximum absolute atomic E-state index is 15.1. The summed E-state index contributed by atoms with van der Waals surface area (Å²) in [4.78, 5) is 11.6. The highest BCUT2D eigenvalue weighted by Gasteiger charge is 2.64. The Hall–Kier alpha value is -5.43. The molecule has 0 bridgehead atoms. The lowest BCUT2D eigenvalue weighted by Gasteiger charge is -2.51. The van der Waals surface area contributed by atoms with Gasteiger partial charge in [-0.3, -0.25) is 0 Å². The number of aldehydes is 1. The van der Waals surface area contributed by atoms with Crippen molar-refractivity contribution in [3.63, 3.8) is 0 Å². The number of hydrogen-bond donors (Lipinski definition) is 2. The van der Waals surface area contributed by atoms with Gasteiger partial charge in [0.25, 0.3) is 0 Å². The van der Waals surface area contributed by atoms with Crippen molar-refractivity contribution >= 4 is 70.6 Å². The molecular weight excluding hydrogens is 1320 g/mol. The van der Waals surface area contributed by atoms with Crippen LogP contribution in [0.5, 0.6) is 17.2 Å². The Morgan fingerprint density at radius 1 is 0.440 bits per heavy atom. The molecule has 91 heavy (non-hydrogen) atoms. The van der Waals surface area contributed by atoms with Crippen LogP contribution in [-0.2, 0) is 53.3 Å². The highest BCUT2D eigenvalue weighted by atomic mass is 35.5. The van der Waals surface area contributed by atoms with Crippen LogP contribution in [0.2, 0.25) is 15.1 Å². The number of aliphatic hydroxyl groups excluding tert-OH is 2. The standard InChI is InChI=1S/2C21H21ClF2O4S.C20H17ClF2O4S.C4H8O/c2*1-12(25)15-3-2-10-21(29(26,27)14-6-4-13(22)5-7-14)16(15)11-28-20-18(24)9-8-17(23)19(20)21;21-13-3-5-14(6-4-13)28(25,26)20-9-1-2-12(10-24)15(20)11-27-19-17(23)8-7-16(22)18(19)20;1-2-4-5-3-1/h2*4-9,12,15-16,25H,2-3,10-11H2,1H3;3-8,10,12,15H,1-2,9,11H2;1-4H2/t12-,15+,16?,21+;12-,15-,16?,21-;12-,15?,20-;/m100./s1. The average molecular weight is 1380 g/mol. The van der Waals surface area contributed by atoms with E-state index in [1.807, 2.05) is 0 Å². The van der Waals surface area contributed by atoms with Gasteiger partial charge in [0.15, 0.2) is 64.2 Å². The predicted octanol–water partition coefficient (Wildman–Crippen LogP) is 14.0. The van der Waals surface area contributed by atoms with Gasteiger partial charge in [-0.05, 0) is 186 Å². The van der Waals surface area contributed by atoms with E-state index in [1.165, 1.54) is 85.6 Å². The third-order valence-corrected chi connectivity index (χ3v) is 27.8. The molecule has 1 saturated heterocycles. The van der Waals surface area contributed by atoms with Crippen LogP contribution in [-0.4, -0.2) is 87.0 Å². The molecule has 0 aromatic heterocycles. The zero-order valence-corrected chi connectivity index (χ0v) is 54.1. The Kier molecular flexibility index (Phi) is 20.4.